The zero-order valence-corrected chi connectivity index (χ0v) is 14.2. The first-order valence-electron chi connectivity index (χ1n) is 8.47. The molecule has 1 fully saturated rings. The van der Waals surface area contributed by atoms with E-state index in [1.165, 1.54) is 0 Å². The molecule has 1 saturated heterocycles. The summed E-state index contributed by atoms with van der Waals surface area (Å²) >= 11 is 0. The van der Waals surface area contributed by atoms with Crippen LogP contribution in [0.1, 0.15) is 44.7 Å². The lowest BCUT2D eigenvalue weighted by Crippen LogP contribution is -2.54. The van der Waals surface area contributed by atoms with Gasteiger partial charge in [-0.25, -0.2) is 0 Å². The van der Waals surface area contributed by atoms with Gasteiger partial charge in [0.2, 0.25) is 11.8 Å². The lowest BCUT2D eigenvalue weighted by Gasteiger charge is -2.27. The van der Waals surface area contributed by atoms with Gasteiger partial charge in [-0.05, 0) is 36.8 Å². The number of hydrogen-bond acceptors (Lipinski definition) is 4. The maximum Gasteiger partial charge on any atom is 0.262 e. The van der Waals surface area contributed by atoms with Crippen LogP contribution in [-0.4, -0.2) is 34.6 Å². The lowest BCUT2D eigenvalue weighted by molar-refractivity contribution is -0.136. The third-order valence-electron chi connectivity index (χ3n) is 4.56. The minimum absolute atomic E-state index is 0.0949. The molecule has 2 heterocycles. The van der Waals surface area contributed by atoms with Gasteiger partial charge in [0.05, 0.1) is 11.1 Å². The number of hydrogen-bond donors (Lipinski definition) is 1. The summed E-state index contributed by atoms with van der Waals surface area (Å²) in [5, 5.41) is 2.18. The van der Waals surface area contributed by atoms with Crippen molar-refractivity contribution < 1.29 is 19.2 Å². The number of benzene rings is 2. The second-order valence-electron chi connectivity index (χ2n) is 6.32. The molecule has 2 aromatic rings. The molecule has 2 aliphatic heterocycles. The van der Waals surface area contributed by atoms with Crippen molar-refractivity contribution >= 4 is 23.6 Å². The highest BCUT2D eigenvalue weighted by molar-refractivity contribution is 6.23. The summed E-state index contributed by atoms with van der Waals surface area (Å²) < 4.78 is 0. The first-order chi connectivity index (χ1) is 13.0. The monoisotopic (exact) mass is 358 g/mol. The van der Waals surface area contributed by atoms with Crippen molar-refractivity contribution in [1.29, 1.82) is 0 Å². The molecule has 1 unspecified atom stereocenters. The van der Waals surface area contributed by atoms with E-state index < -0.39 is 29.7 Å². The van der Waals surface area contributed by atoms with Gasteiger partial charge in [-0.2, -0.15) is 0 Å². The largest absolute Gasteiger partial charge is 0.295 e. The Kier molecular flexibility index (Phi) is 4.05. The molecule has 27 heavy (non-hydrogen) atoms. The van der Waals surface area contributed by atoms with Crippen molar-refractivity contribution in [2.45, 2.75) is 18.9 Å². The smallest absolute Gasteiger partial charge is 0.262 e. The molecule has 0 saturated carbocycles. The van der Waals surface area contributed by atoms with Gasteiger partial charge in [0.15, 0.2) is 0 Å². The fraction of sp³-hybridized carbons (Fsp3) is 0.143. The number of carbonyl (C=O) groups excluding carboxylic acids is 4. The molecule has 132 valence electrons. The van der Waals surface area contributed by atoms with E-state index in [2.05, 4.69) is 17.2 Å². The molecule has 6 nitrogen and oxygen atoms in total. The van der Waals surface area contributed by atoms with Crippen LogP contribution in [0.25, 0.3) is 0 Å². The van der Waals surface area contributed by atoms with Gasteiger partial charge in [0.1, 0.15) is 6.04 Å². The van der Waals surface area contributed by atoms with Crippen LogP contribution in [0.2, 0.25) is 0 Å². The molecule has 0 bridgehead atoms. The Morgan fingerprint density at radius 1 is 0.852 bits per heavy atom. The van der Waals surface area contributed by atoms with Crippen molar-refractivity contribution in [3.05, 3.63) is 70.8 Å². The Labute approximate surface area is 155 Å². The predicted octanol–water partition coefficient (Wildman–Crippen LogP) is 1.49. The van der Waals surface area contributed by atoms with E-state index in [1.54, 1.807) is 18.2 Å². The highest BCUT2D eigenvalue weighted by Crippen LogP contribution is 2.28. The number of nitrogens with one attached hydrogen (secondary N) is 1. The summed E-state index contributed by atoms with van der Waals surface area (Å²) in [5.74, 6) is 3.91. The van der Waals surface area contributed by atoms with Crippen LogP contribution < -0.4 is 5.32 Å². The van der Waals surface area contributed by atoms with Crippen LogP contribution in [0.4, 0.5) is 0 Å². The normalized spacial score (nSPS) is 18.7. The average molecular weight is 358 g/mol. The molecule has 6 heteroatoms. The van der Waals surface area contributed by atoms with Gasteiger partial charge in [-0.3, -0.25) is 29.4 Å². The van der Waals surface area contributed by atoms with Crippen LogP contribution >= 0.6 is 0 Å². The molecule has 2 aromatic carbocycles. The number of rotatable bonds is 1. The topological polar surface area (TPSA) is 83.6 Å². The van der Waals surface area contributed by atoms with Crippen LogP contribution in [0.15, 0.2) is 48.5 Å². The SMILES string of the molecule is O=C1CCC(N2C(=O)c3ccc(C#Cc4ccccc4)cc3C2=O)C(=O)N1. The lowest BCUT2D eigenvalue weighted by atomic mass is 10.0. The van der Waals surface area contributed by atoms with Crippen molar-refractivity contribution in [1.82, 2.24) is 10.2 Å². The molecule has 0 aromatic heterocycles. The van der Waals surface area contributed by atoms with Crippen LogP contribution in [0, 0.1) is 11.8 Å². The van der Waals surface area contributed by atoms with E-state index in [0.717, 1.165) is 10.5 Å². The Hall–Kier alpha value is -3.72. The van der Waals surface area contributed by atoms with E-state index in [0.29, 0.717) is 5.56 Å². The molecular formula is C21H14N2O4. The van der Waals surface area contributed by atoms with E-state index in [-0.39, 0.29) is 24.0 Å². The van der Waals surface area contributed by atoms with E-state index in [1.807, 2.05) is 30.3 Å². The predicted molar refractivity (Wildman–Crippen MR) is 95.5 cm³/mol. The standard InChI is InChI=1S/C21H14N2O4/c24-18-11-10-17(19(25)22-18)23-20(26)15-9-8-14(12-16(15)21(23)27)7-6-13-4-2-1-3-5-13/h1-5,8-9,12,17H,10-11H2,(H,22,24,25). The van der Waals surface area contributed by atoms with Crippen LogP contribution in [0.5, 0.6) is 0 Å². The number of fused-ring (bicyclic) bond motifs is 1. The van der Waals surface area contributed by atoms with Gasteiger partial charge >= 0.3 is 0 Å². The highest BCUT2D eigenvalue weighted by atomic mass is 16.2. The zero-order valence-electron chi connectivity index (χ0n) is 14.2. The zero-order chi connectivity index (χ0) is 19.0. The number of amides is 4. The van der Waals surface area contributed by atoms with E-state index in [9.17, 15) is 19.2 Å². The summed E-state index contributed by atoms with van der Waals surface area (Å²) in [4.78, 5) is 49.7. The average Bonchev–Trinajstić information content (AvgIpc) is 2.92. The number of carbonyl (C=O) groups is 4. The summed E-state index contributed by atoms with van der Waals surface area (Å²) in [5.41, 5.74) is 1.91. The molecule has 0 spiro atoms. The van der Waals surface area contributed by atoms with Crippen LogP contribution in [0.3, 0.4) is 0 Å². The molecule has 4 amide bonds. The minimum Gasteiger partial charge on any atom is -0.295 e. The number of nitrogens with zero attached hydrogens (tertiary/aromatic N) is 1. The first-order valence-corrected chi connectivity index (χ1v) is 8.47. The fourth-order valence-corrected chi connectivity index (χ4v) is 3.21. The molecule has 0 aliphatic carbocycles. The second kappa shape index (κ2) is 6.54. The summed E-state index contributed by atoms with van der Waals surface area (Å²) in [6.07, 6.45) is 0.231. The first kappa shape index (κ1) is 16.7. The molecule has 0 radical (unpaired) electrons. The highest BCUT2D eigenvalue weighted by Gasteiger charge is 2.44. The van der Waals surface area contributed by atoms with Gasteiger partial charge in [-0.15, -0.1) is 0 Å². The maximum absolute atomic E-state index is 12.8. The quantitative estimate of drug-likeness (QED) is 0.618. The van der Waals surface area contributed by atoms with Gasteiger partial charge in [0, 0.05) is 17.5 Å². The summed E-state index contributed by atoms with van der Waals surface area (Å²) in [6.45, 7) is 0. The molecule has 4 rings (SSSR count). The maximum atomic E-state index is 12.8. The summed E-state index contributed by atoms with van der Waals surface area (Å²) in [6, 6.07) is 13.2. The third kappa shape index (κ3) is 3.00. The second-order valence-corrected chi connectivity index (χ2v) is 6.32. The minimum atomic E-state index is -0.964. The Morgan fingerprint density at radius 2 is 1.56 bits per heavy atom. The van der Waals surface area contributed by atoms with E-state index >= 15 is 0 Å². The Morgan fingerprint density at radius 3 is 2.30 bits per heavy atom. The molecular weight excluding hydrogens is 344 g/mol. The summed E-state index contributed by atoms with van der Waals surface area (Å²) in [7, 11) is 0. The molecule has 2 aliphatic rings. The van der Waals surface area contributed by atoms with Crippen molar-refractivity contribution in [2.24, 2.45) is 0 Å². The van der Waals surface area contributed by atoms with Crippen molar-refractivity contribution in [3.8, 4) is 11.8 Å². The Balaban J connectivity index is 1.63. The third-order valence-corrected chi connectivity index (χ3v) is 4.56. The number of imide groups is 2. The van der Waals surface area contributed by atoms with E-state index in [4.69, 9.17) is 0 Å². The fourth-order valence-electron chi connectivity index (χ4n) is 3.21. The van der Waals surface area contributed by atoms with Gasteiger partial charge in [0.25, 0.3) is 11.8 Å². The van der Waals surface area contributed by atoms with Gasteiger partial charge in [-0.1, -0.05) is 30.0 Å². The number of piperidine rings is 1. The van der Waals surface area contributed by atoms with Crippen LogP contribution in [-0.2, 0) is 9.59 Å². The Bertz CT molecular complexity index is 1050. The van der Waals surface area contributed by atoms with Gasteiger partial charge < -0.3 is 0 Å². The molecule has 1 atom stereocenters. The molecule has 1 N–H and O–H groups in total. The van der Waals surface area contributed by atoms with Crippen molar-refractivity contribution in [2.75, 3.05) is 0 Å². The van der Waals surface area contributed by atoms with Crippen molar-refractivity contribution in [3.63, 3.8) is 0 Å².